The molecule has 1 N–H and O–H groups in total. The molecule has 3 heterocycles. The number of carbonyl (C=O) groups excluding carboxylic acids is 1. The van der Waals surface area contributed by atoms with E-state index in [1.54, 1.807) is 30.5 Å². The van der Waals surface area contributed by atoms with Crippen LogP contribution in [0, 0.1) is 20.8 Å². The summed E-state index contributed by atoms with van der Waals surface area (Å²) in [4.78, 5) is 17.0. The predicted octanol–water partition coefficient (Wildman–Crippen LogP) is 2.49. The van der Waals surface area contributed by atoms with E-state index in [-0.39, 0.29) is 10.6 Å². The summed E-state index contributed by atoms with van der Waals surface area (Å²) in [6.07, 6.45) is 3.18. The van der Waals surface area contributed by atoms with Crippen LogP contribution in [0.15, 0.2) is 23.4 Å². The molecule has 0 aliphatic heterocycles. The molecule has 0 bridgehead atoms. The molecule has 0 aliphatic carbocycles. The highest BCUT2D eigenvalue weighted by Crippen LogP contribution is 2.23. The van der Waals surface area contributed by atoms with Crippen LogP contribution in [0.4, 0.5) is 0 Å². The number of rotatable bonds is 3. The maximum Gasteiger partial charge on any atom is 0.285 e. The van der Waals surface area contributed by atoms with Crippen LogP contribution in [0.3, 0.4) is 0 Å². The highest BCUT2D eigenvalue weighted by Gasteiger charge is 2.26. The summed E-state index contributed by atoms with van der Waals surface area (Å²) in [5, 5.41) is 0.380. The molecule has 126 valence electrons. The summed E-state index contributed by atoms with van der Waals surface area (Å²) >= 11 is 7.17. The third-order valence-corrected chi connectivity index (χ3v) is 6.18. The fraction of sp³-hybridized carbons (Fsp3) is 0.214. The van der Waals surface area contributed by atoms with Crippen molar-refractivity contribution < 1.29 is 13.2 Å². The number of sulfonamides is 1. The van der Waals surface area contributed by atoms with Gasteiger partial charge in [0.2, 0.25) is 0 Å². The molecule has 0 unspecified atom stereocenters. The molecule has 1 amide bonds. The number of aromatic nitrogens is 3. The van der Waals surface area contributed by atoms with Gasteiger partial charge < -0.3 is 4.40 Å². The number of hydrogen-bond donors (Lipinski definition) is 1. The lowest BCUT2D eigenvalue weighted by molar-refractivity contribution is 0.0977. The van der Waals surface area contributed by atoms with Gasteiger partial charge in [0.05, 0.1) is 10.7 Å². The molecule has 0 aromatic carbocycles. The number of hydrogen-bond acceptors (Lipinski definition) is 6. The van der Waals surface area contributed by atoms with Crippen molar-refractivity contribution in [1.29, 1.82) is 0 Å². The van der Waals surface area contributed by atoms with Gasteiger partial charge in [-0.3, -0.25) is 4.79 Å². The Bertz CT molecular complexity index is 1050. The van der Waals surface area contributed by atoms with Crippen molar-refractivity contribution in [2.75, 3.05) is 0 Å². The van der Waals surface area contributed by atoms with Crippen LogP contribution in [0.25, 0.3) is 5.65 Å². The van der Waals surface area contributed by atoms with E-state index in [1.165, 1.54) is 6.20 Å². The number of imidazole rings is 1. The molecule has 0 radical (unpaired) electrons. The van der Waals surface area contributed by atoms with Crippen molar-refractivity contribution in [3.8, 4) is 0 Å². The van der Waals surface area contributed by atoms with E-state index in [1.807, 2.05) is 11.6 Å². The first-order chi connectivity index (χ1) is 11.2. The first-order valence-corrected chi connectivity index (χ1v) is 9.47. The SMILES string of the molecule is Cc1cc(Cl)c2nc(C(=O)NS(=O)(=O)c3c(C)nsc3C)cn2c1. The van der Waals surface area contributed by atoms with Crippen LogP contribution in [0.5, 0.6) is 0 Å². The normalized spacial score (nSPS) is 11.8. The van der Waals surface area contributed by atoms with Gasteiger partial charge in [0, 0.05) is 17.3 Å². The zero-order valence-corrected chi connectivity index (χ0v) is 15.4. The van der Waals surface area contributed by atoms with E-state index in [0.29, 0.717) is 21.2 Å². The number of aryl methyl sites for hydroxylation is 3. The first-order valence-electron chi connectivity index (χ1n) is 6.84. The summed E-state index contributed by atoms with van der Waals surface area (Å²) in [5.41, 5.74) is 1.59. The number of nitrogens with zero attached hydrogens (tertiary/aromatic N) is 3. The predicted molar refractivity (Wildman–Crippen MR) is 91.2 cm³/mol. The lowest BCUT2D eigenvalue weighted by Crippen LogP contribution is -2.31. The van der Waals surface area contributed by atoms with Crippen LogP contribution in [0.1, 0.15) is 26.6 Å². The molecule has 24 heavy (non-hydrogen) atoms. The third-order valence-electron chi connectivity index (χ3n) is 3.34. The Morgan fingerprint density at radius 3 is 2.62 bits per heavy atom. The second-order valence-corrected chi connectivity index (χ2v) is 8.31. The highest BCUT2D eigenvalue weighted by molar-refractivity contribution is 7.90. The third kappa shape index (κ3) is 2.90. The summed E-state index contributed by atoms with van der Waals surface area (Å²) < 4.78 is 32.5. The van der Waals surface area contributed by atoms with Gasteiger partial charge >= 0.3 is 0 Å². The van der Waals surface area contributed by atoms with Crippen LogP contribution in [0.2, 0.25) is 5.02 Å². The van der Waals surface area contributed by atoms with Gasteiger partial charge in [0.25, 0.3) is 15.9 Å². The lowest BCUT2D eigenvalue weighted by atomic mass is 10.3. The second-order valence-electron chi connectivity index (χ2n) is 5.31. The molecule has 0 aliphatic rings. The molecule has 0 atom stereocenters. The summed E-state index contributed by atoms with van der Waals surface area (Å²) in [6.45, 7) is 5.07. The minimum Gasteiger partial charge on any atom is -0.305 e. The minimum atomic E-state index is -4.02. The van der Waals surface area contributed by atoms with E-state index in [0.717, 1.165) is 17.1 Å². The van der Waals surface area contributed by atoms with Crippen LogP contribution in [-0.4, -0.2) is 28.1 Å². The van der Waals surface area contributed by atoms with Crippen molar-refractivity contribution in [3.05, 3.63) is 45.3 Å². The Morgan fingerprint density at radius 2 is 2.00 bits per heavy atom. The smallest absolute Gasteiger partial charge is 0.285 e. The molecule has 0 spiro atoms. The van der Waals surface area contributed by atoms with E-state index < -0.39 is 15.9 Å². The lowest BCUT2D eigenvalue weighted by Gasteiger charge is -2.05. The van der Waals surface area contributed by atoms with E-state index in [2.05, 4.69) is 9.36 Å². The van der Waals surface area contributed by atoms with Crippen LogP contribution >= 0.6 is 23.1 Å². The van der Waals surface area contributed by atoms with Crippen LogP contribution < -0.4 is 4.72 Å². The van der Waals surface area contributed by atoms with Crippen molar-refractivity contribution >= 4 is 44.7 Å². The average Bonchev–Trinajstić information content (AvgIpc) is 3.02. The number of amides is 1. The van der Waals surface area contributed by atoms with E-state index in [4.69, 9.17) is 11.6 Å². The largest absolute Gasteiger partial charge is 0.305 e. The van der Waals surface area contributed by atoms with Crippen molar-refractivity contribution in [2.45, 2.75) is 25.7 Å². The Kier molecular flexibility index (Phi) is 4.10. The Balaban J connectivity index is 1.97. The molecule has 3 aromatic heterocycles. The zero-order valence-electron chi connectivity index (χ0n) is 13.0. The van der Waals surface area contributed by atoms with E-state index >= 15 is 0 Å². The van der Waals surface area contributed by atoms with Gasteiger partial charge in [-0.2, -0.15) is 4.37 Å². The molecule has 0 saturated heterocycles. The standard InChI is InChI=1S/C14H13ClN4O3S2/c1-7-4-10(15)13-16-11(6-19(13)5-7)14(20)18-24(21,22)12-8(2)17-23-9(12)3/h4-6H,1-3H3,(H,18,20). The topological polar surface area (TPSA) is 93.4 Å². The number of nitrogens with one attached hydrogen (secondary N) is 1. The Morgan fingerprint density at radius 1 is 1.29 bits per heavy atom. The average molecular weight is 385 g/mol. The van der Waals surface area contributed by atoms with Gasteiger partial charge in [-0.15, -0.1) is 0 Å². The van der Waals surface area contributed by atoms with Crippen molar-refractivity contribution in [2.24, 2.45) is 0 Å². The molecular weight excluding hydrogens is 372 g/mol. The maximum atomic E-state index is 12.4. The van der Waals surface area contributed by atoms with Crippen molar-refractivity contribution in [3.63, 3.8) is 0 Å². The van der Waals surface area contributed by atoms with Gasteiger partial charge in [-0.1, -0.05) is 11.6 Å². The monoisotopic (exact) mass is 384 g/mol. The molecular formula is C14H13ClN4O3S2. The molecule has 3 rings (SSSR count). The second kappa shape index (κ2) is 5.83. The quantitative estimate of drug-likeness (QED) is 0.748. The fourth-order valence-corrected chi connectivity index (χ4v) is 5.05. The number of carbonyl (C=O) groups is 1. The minimum absolute atomic E-state index is 0.0264. The first kappa shape index (κ1) is 16.9. The summed E-state index contributed by atoms with van der Waals surface area (Å²) in [5.74, 6) is -0.822. The van der Waals surface area contributed by atoms with E-state index in [9.17, 15) is 13.2 Å². The number of halogens is 1. The van der Waals surface area contributed by atoms with Gasteiger partial charge in [0.1, 0.15) is 10.6 Å². The Labute approximate surface area is 147 Å². The molecule has 3 aromatic rings. The maximum absolute atomic E-state index is 12.4. The zero-order chi connectivity index (χ0) is 17.6. The number of fused-ring (bicyclic) bond motifs is 1. The van der Waals surface area contributed by atoms with Gasteiger partial charge in [-0.25, -0.2) is 18.1 Å². The summed E-state index contributed by atoms with van der Waals surface area (Å²) in [6, 6.07) is 1.71. The summed E-state index contributed by atoms with van der Waals surface area (Å²) in [7, 11) is -4.02. The molecule has 0 saturated carbocycles. The fourth-order valence-electron chi connectivity index (χ4n) is 2.38. The highest BCUT2D eigenvalue weighted by atomic mass is 35.5. The van der Waals surface area contributed by atoms with Gasteiger partial charge in [-0.05, 0) is 43.9 Å². The molecule has 7 nitrogen and oxygen atoms in total. The van der Waals surface area contributed by atoms with Gasteiger partial charge in [0.15, 0.2) is 5.65 Å². The molecule has 10 heteroatoms. The molecule has 0 fully saturated rings. The number of pyridine rings is 1. The Hall–Kier alpha value is -1.97. The van der Waals surface area contributed by atoms with Crippen molar-refractivity contribution in [1.82, 2.24) is 18.5 Å². The van der Waals surface area contributed by atoms with Crippen LogP contribution in [-0.2, 0) is 10.0 Å².